The highest BCUT2D eigenvalue weighted by Crippen LogP contribution is 2.27. The van der Waals surface area contributed by atoms with E-state index < -0.39 is 34.3 Å². The Balaban J connectivity index is 1.80. The molecule has 0 aliphatic rings. The van der Waals surface area contributed by atoms with Gasteiger partial charge in [-0.15, -0.1) is 0 Å². The molecule has 8 nitrogen and oxygen atoms in total. The highest BCUT2D eigenvalue weighted by atomic mass is 79.9. The number of hydrogen-bond acceptors (Lipinski definition) is 5. The van der Waals surface area contributed by atoms with Crippen molar-refractivity contribution >= 4 is 43.5 Å². The minimum atomic E-state index is -4.32. The van der Waals surface area contributed by atoms with Gasteiger partial charge in [0.25, 0.3) is 10.0 Å². The third kappa shape index (κ3) is 8.92. The van der Waals surface area contributed by atoms with Crippen LogP contribution in [0.1, 0.15) is 25.0 Å². The van der Waals surface area contributed by atoms with Gasteiger partial charge in [-0.25, -0.2) is 12.8 Å². The van der Waals surface area contributed by atoms with E-state index in [0.717, 1.165) is 32.0 Å². The lowest BCUT2D eigenvalue weighted by atomic mass is 10.0. The molecule has 1 atom stereocenters. The molecule has 11 heteroatoms. The average Bonchev–Trinajstić information content (AvgIpc) is 3.02. The number of halogens is 2. The van der Waals surface area contributed by atoms with Gasteiger partial charge in [0.15, 0.2) is 0 Å². The normalized spacial score (nSPS) is 12.0. The summed E-state index contributed by atoms with van der Waals surface area (Å²) in [6.45, 7) is 3.04. The fourth-order valence-electron chi connectivity index (χ4n) is 4.78. The lowest BCUT2D eigenvalue weighted by Crippen LogP contribution is -2.54. The largest absolute Gasteiger partial charge is 0.497 e. The zero-order chi connectivity index (χ0) is 32.6. The maximum Gasteiger partial charge on any atom is 0.264 e. The van der Waals surface area contributed by atoms with Gasteiger partial charge < -0.3 is 15.0 Å². The standard InChI is InChI=1S/C34H35BrFN3O5S/c1-24(2)37-34(41)32(21-25-8-5-4-6-9-25)38(22-26-10-7-11-27(35)20-26)33(40)23-39(29-14-12-28(36)13-15-29)45(42,43)31-18-16-30(44-3)17-19-31/h4-20,24,32H,21-23H2,1-3H3,(H,37,41). The molecule has 0 fully saturated rings. The minimum absolute atomic E-state index is 0.0289. The Labute approximate surface area is 272 Å². The zero-order valence-corrected chi connectivity index (χ0v) is 27.6. The highest BCUT2D eigenvalue weighted by Gasteiger charge is 2.35. The number of amides is 2. The quantitative estimate of drug-likeness (QED) is 0.186. The Morgan fingerprint density at radius 1 is 0.889 bits per heavy atom. The number of nitrogens with zero attached hydrogens (tertiary/aromatic N) is 2. The van der Waals surface area contributed by atoms with Gasteiger partial charge in [0.05, 0.1) is 17.7 Å². The summed E-state index contributed by atoms with van der Waals surface area (Å²) in [5.74, 6) is -1.09. The maximum atomic E-state index is 14.4. The summed E-state index contributed by atoms with van der Waals surface area (Å²) in [4.78, 5) is 29.5. The van der Waals surface area contributed by atoms with Crippen LogP contribution in [0.25, 0.3) is 0 Å². The number of carbonyl (C=O) groups excluding carboxylic acids is 2. The Kier molecular flexibility index (Phi) is 11.4. The first-order valence-electron chi connectivity index (χ1n) is 14.3. The average molecular weight is 697 g/mol. The molecule has 0 heterocycles. The summed E-state index contributed by atoms with van der Waals surface area (Å²) < 4.78 is 48.9. The van der Waals surface area contributed by atoms with Crippen molar-refractivity contribution in [3.05, 3.63) is 125 Å². The van der Waals surface area contributed by atoms with Crippen LogP contribution in [0.2, 0.25) is 0 Å². The van der Waals surface area contributed by atoms with Crippen molar-refractivity contribution < 1.29 is 27.1 Å². The van der Waals surface area contributed by atoms with E-state index in [9.17, 15) is 22.4 Å². The smallest absolute Gasteiger partial charge is 0.264 e. The first-order chi connectivity index (χ1) is 21.5. The van der Waals surface area contributed by atoms with Crippen molar-refractivity contribution in [1.29, 1.82) is 0 Å². The van der Waals surface area contributed by atoms with Crippen LogP contribution < -0.4 is 14.4 Å². The monoisotopic (exact) mass is 695 g/mol. The van der Waals surface area contributed by atoms with E-state index in [-0.39, 0.29) is 35.5 Å². The fraction of sp³-hybridized carbons (Fsp3) is 0.235. The molecule has 2 amide bonds. The second kappa shape index (κ2) is 15.2. The molecule has 0 aliphatic heterocycles. The Morgan fingerprint density at radius 2 is 1.53 bits per heavy atom. The SMILES string of the molecule is COc1ccc(S(=O)(=O)N(CC(=O)N(Cc2cccc(Br)c2)C(Cc2ccccc2)C(=O)NC(C)C)c2ccc(F)cc2)cc1. The van der Waals surface area contributed by atoms with E-state index in [1.165, 1.54) is 48.4 Å². The van der Waals surface area contributed by atoms with Crippen molar-refractivity contribution in [2.75, 3.05) is 18.0 Å². The lowest BCUT2D eigenvalue weighted by Gasteiger charge is -2.34. The molecular weight excluding hydrogens is 661 g/mol. The van der Waals surface area contributed by atoms with Crippen LogP contribution >= 0.6 is 15.9 Å². The van der Waals surface area contributed by atoms with Gasteiger partial charge >= 0.3 is 0 Å². The van der Waals surface area contributed by atoms with Crippen LogP contribution in [-0.2, 0) is 32.6 Å². The molecule has 0 bridgehead atoms. The second-order valence-electron chi connectivity index (χ2n) is 10.7. The Bertz CT molecular complexity index is 1700. The number of anilines is 1. The number of hydrogen-bond donors (Lipinski definition) is 1. The van der Waals surface area contributed by atoms with Gasteiger partial charge in [-0.2, -0.15) is 0 Å². The predicted molar refractivity (Wildman–Crippen MR) is 176 cm³/mol. The predicted octanol–water partition coefficient (Wildman–Crippen LogP) is 5.96. The topological polar surface area (TPSA) is 96.0 Å². The van der Waals surface area contributed by atoms with E-state index in [2.05, 4.69) is 21.2 Å². The first-order valence-corrected chi connectivity index (χ1v) is 16.5. The Hall–Kier alpha value is -4.22. The second-order valence-corrected chi connectivity index (χ2v) is 13.5. The van der Waals surface area contributed by atoms with Crippen molar-refractivity contribution in [2.45, 2.75) is 43.8 Å². The molecule has 0 spiro atoms. The summed E-state index contributed by atoms with van der Waals surface area (Å²) in [6, 6.07) is 26.1. The van der Waals surface area contributed by atoms with Crippen LogP contribution in [0.4, 0.5) is 10.1 Å². The van der Waals surface area contributed by atoms with E-state index in [1.54, 1.807) is 0 Å². The van der Waals surface area contributed by atoms with Crippen LogP contribution in [0.15, 0.2) is 112 Å². The zero-order valence-electron chi connectivity index (χ0n) is 25.2. The Morgan fingerprint density at radius 3 is 2.13 bits per heavy atom. The highest BCUT2D eigenvalue weighted by molar-refractivity contribution is 9.10. The van der Waals surface area contributed by atoms with Crippen LogP contribution in [0.3, 0.4) is 0 Å². The maximum absolute atomic E-state index is 14.4. The van der Waals surface area contributed by atoms with Crippen LogP contribution in [-0.4, -0.2) is 50.9 Å². The van der Waals surface area contributed by atoms with Crippen molar-refractivity contribution in [1.82, 2.24) is 10.2 Å². The number of benzene rings is 4. The molecule has 4 aromatic carbocycles. The van der Waals surface area contributed by atoms with Crippen molar-refractivity contribution in [3.63, 3.8) is 0 Å². The van der Waals surface area contributed by atoms with E-state index in [4.69, 9.17) is 4.74 Å². The van der Waals surface area contributed by atoms with Gasteiger partial charge in [-0.3, -0.25) is 13.9 Å². The van der Waals surface area contributed by atoms with E-state index >= 15 is 0 Å². The lowest BCUT2D eigenvalue weighted by molar-refractivity contribution is -0.140. The number of ether oxygens (including phenoxy) is 1. The number of rotatable bonds is 13. The molecule has 0 radical (unpaired) electrons. The minimum Gasteiger partial charge on any atom is -0.497 e. The third-order valence-corrected chi connectivity index (χ3v) is 9.27. The number of sulfonamides is 1. The van der Waals surface area contributed by atoms with E-state index in [0.29, 0.717) is 5.75 Å². The molecule has 4 rings (SSSR count). The third-order valence-electron chi connectivity index (χ3n) is 6.98. The van der Waals surface area contributed by atoms with Crippen LogP contribution in [0.5, 0.6) is 5.75 Å². The van der Waals surface area contributed by atoms with Gasteiger partial charge in [0.1, 0.15) is 24.2 Å². The molecule has 0 saturated heterocycles. The number of carbonyl (C=O) groups is 2. The van der Waals surface area contributed by atoms with Gasteiger partial charge in [-0.05, 0) is 85.6 Å². The molecule has 0 aromatic heterocycles. The molecule has 0 aliphatic carbocycles. The summed E-state index contributed by atoms with van der Waals surface area (Å²) in [6.07, 6.45) is 0.195. The molecule has 45 heavy (non-hydrogen) atoms. The molecular formula is C34H35BrFN3O5S. The van der Waals surface area contributed by atoms with Gasteiger partial charge in [0, 0.05) is 23.5 Å². The molecule has 4 aromatic rings. The molecule has 1 unspecified atom stereocenters. The van der Waals surface area contributed by atoms with Crippen molar-refractivity contribution in [3.8, 4) is 5.75 Å². The number of methoxy groups -OCH3 is 1. The van der Waals surface area contributed by atoms with E-state index in [1.807, 2.05) is 68.4 Å². The number of nitrogens with one attached hydrogen (secondary N) is 1. The molecule has 0 saturated carbocycles. The molecule has 1 N–H and O–H groups in total. The van der Waals surface area contributed by atoms with Crippen molar-refractivity contribution in [2.24, 2.45) is 0 Å². The summed E-state index contributed by atoms with van der Waals surface area (Å²) >= 11 is 3.47. The van der Waals surface area contributed by atoms with Gasteiger partial charge in [0.2, 0.25) is 11.8 Å². The molecule has 236 valence electrons. The summed E-state index contributed by atoms with van der Waals surface area (Å²) in [5.41, 5.74) is 1.66. The summed E-state index contributed by atoms with van der Waals surface area (Å²) in [5, 5.41) is 2.93. The first kappa shape index (κ1) is 33.7. The van der Waals surface area contributed by atoms with Crippen LogP contribution in [0, 0.1) is 5.82 Å². The summed E-state index contributed by atoms with van der Waals surface area (Å²) in [7, 11) is -2.86. The van der Waals surface area contributed by atoms with Gasteiger partial charge in [-0.1, -0.05) is 58.4 Å². The fourth-order valence-corrected chi connectivity index (χ4v) is 6.64.